The van der Waals surface area contributed by atoms with Crippen LogP contribution in [0.4, 0.5) is 4.79 Å². The average molecular weight is 453 g/mol. The zero-order valence-corrected chi connectivity index (χ0v) is 21.9. The van der Waals surface area contributed by atoms with Crippen LogP contribution in [0.5, 0.6) is 0 Å². The Labute approximate surface area is 218 Å². The normalized spacial score (nSPS) is 10.3. The van der Waals surface area contributed by atoms with Gasteiger partial charge in [-0.1, -0.05) is 72.3 Å². The summed E-state index contributed by atoms with van der Waals surface area (Å²) in [6.45, 7) is 7.49. The average Bonchev–Trinajstić information content (AvgIpc) is 2.78. The quantitative estimate of drug-likeness (QED) is 0.519. The van der Waals surface area contributed by atoms with E-state index in [1.807, 2.05) is 81.4 Å². The van der Waals surface area contributed by atoms with Crippen LogP contribution in [0.15, 0.2) is 66.7 Å². The molecule has 0 atom stereocenters. The van der Waals surface area contributed by atoms with E-state index in [2.05, 4.69) is 11.4 Å². The van der Waals surface area contributed by atoms with Crippen LogP contribution in [0.25, 0.3) is 11.1 Å². The Morgan fingerprint density at radius 2 is 1.64 bits per heavy atom. The van der Waals surface area contributed by atoms with Crippen LogP contribution in [0.2, 0.25) is 0 Å². The maximum atomic E-state index is 12.9. The molecule has 2 amide bonds. The Kier molecular flexibility index (Phi) is 10.2. The van der Waals surface area contributed by atoms with E-state index < -0.39 is 5.97 Å². The largest absolute Gasteiger partial charge is 1.00 e. The van der Waals surface area contributed by atoms with E-state index in [-0.39, 0.29) is 42.0 Å². The van der Waals surface area contributed by atoms with Crippen molar-refractivity contribution in [1.29, 1.82) is 0 Å². The molecule has 0 aromatic heterocycles. The van der Waals surface area contributed by atoms with Crippen molar-refractivity contribution in [3.63, 3.8) is 0 Å². The van der Waals surface area contributed by atoms with E-state index in [9.17, 15) is 14.7 Å². The van der Waals surface area contributed by atoms with Gasteiger partial charge in [0.05, 0.1) is 0 Å². The molecule has 0 spiro atoms. The minimum Gasteiger partial charge on any atom is -0.550 e. The molecule has 0 unspecified atom stereocenters. The van der Waals surface area contributed by atoms with Crippen molar-refractivity contribution in [3.8, 4) is 11.1 Å². The summed E-state index contributed by atoms with van der Waals surface area (Å²) in [6, 6.07) is 21.5. The van der Waals surface area contributed by atoms with Crippen LogP contribution in [-0.4, -0.2) is 23.4 Å². The van der Waals surface area contributed by atoms with E-state index in [1.165, 1.54) is 0 Å². The smallest absolute Gasteiger partial charge is 0.550 e. The number of rotatable bonds is 8. The molecule has 6 heteroatoms. The molecule has 3 aromatic carbocycles. The van der Waals surface area contributed by atoms with Crippen LogP contribution in [0.1, 0.15) is 34.7 Å². The van der Waals surface area contributed by atoms with Gasteiger partial charge in [-0.05, 0) is 54.2 Å². The van der Waals surface area contributed by atoms with Crippen molar-refractivity contribution in [1.82, 2.24) is 10.2 Å². The first-order valence-electron chi connectivity index (χ1n) is 10.8. The van der Waals surface area contributed by atoms with Crippen molar-refractivity contribution in [2.45, 2.75) is 40.3 Å². The molecule has 1 N–H and O–H groups in total. The number of carbonyl (C=O) groups is 2. The number of hydrogen-bond donors (Lipinski definition) is 1. The number of carbonyl (C=O) groups excluding carboxylic acids is 2. The number of nitrogens with zero attached hydrogens (tertiary/aromatic N) is 1. The predicted octanol–water partition coefficient (Wildman–Crippen LogP) is 0.999. The maximum absolute atomic E-state index is 12.9. The van der Waals surface area contributed by atoms with Gasteiger partial charge >= 0.3 is 35.6 Å². The van der Waals surface area contributed by atoms with Crippen LogP contribution in [0.3, 0.4) is 0 Å². The van der Waals surface area contributed by atoms with Gasteiger partial charge in [-0.2, -0.15) is 0 Å². The van der Waals surface area contributed by atoms with Gasteiger partial charge in [-0.3, -0.25) is 0 Å². The van der Waals surface area contributed by atoms with Crippen molar-refractivity contribution in [3.05, 3.63) is 94.5 Å². The second-order valence-corrected chi connectivity index (χ2v) is 8.02. The van der Waals surface area contributed by atoms with Crippen molar-refractivity contribution < 1.29 is 44.3 Å². The third-order valence-electron chi connectivity index (χ3n) is 5.52. The topological polar surface area (TPSA) is 72.5 Å². The molecule has 0 fully saturated rings. The Balaban J connectivity index is 0.00000385. The molecule has 5 nitrogen and oxygen atoms in total. The second-order valence-electron chi connectivity index (χ2n) is 8.02. The summed E-state index contributed by atoms with van der Waals surface area (Å²) in [6.07, 6.45) is -0.128. The van der Waals surface area contributed by atoms with Gasteiger partial charge in [0.1, 0.15) is 0 Å². The number of nitrogens with one attached hydrogen (secondary N) is 1. The van der Waals surface area contributed by atoms with E-state index in [4.69, 9.17) is 0 Å². The third kappa shape index (κ3) is 7.46. The standard InChI is InChI=1S/C27H30N2O3.Na/c1-4-29(27(32)28-17-21-8-6-5-7-9-21)18-23-14-19(2)10-13-24(23)25-15-22(16-26(30)31)12-11-20(25)3;/h5-15H,4,16-18H2,1-3H3,(H,28,32)(H,30,31);/q;+1/p-1. The summed E-state index contributed by atoms with van der Waals surface area (Å²) in [5.74, 6) is -1.10. The molecule has 0 radical (unpaired) electrons. The molecule has 0 heterocycles. The number of amides is 2. The number of carboxylic acid groups (broad SMARTS) is 1. The summed E-state index contributed by atoms with van der Waals surface area (Å²) in [7, 11) is 0. The van der Waals surface area contributed by atoms with Crippen molar-refractivity contribution in [2.24, 2.45) is 0 Å². The Hall–Kier alpha value is -2.60. The minimum absolute atomic E-state index is 0. The first-order valence-corrected chi connectivity index (χ1v) is 10.8. The molecule has 166 valence electrons. The van der Waals surface area contributed by atoms with Gasteiger partial charge in [-0.25, -0.2) is 4.79 Å². The predicted molar refractivity (Wildman–Crippen MR) is 125 cm³/mol. The van der Waals surface area contributed by atoms with Crippen molar-refractivity contribution in [2.75, 3.05) is 6.54 Å². The number of carboxylic acids is 1. The molecular weight excluding hydrogens is 423 g/mol. The fourth-order valence-electron chi connectivity index (χ4n) is 3.77. The Morgan fingerprint density at radius 1 is 0.909 bits per heavy atom. The van der Waals surface area contributed by atoms with Gasteiger partial charge in [0, 0.05) is 32.0 Å². The van der Waals surface area contributed by atoms with E-state index in [0.717, 1.165) is 33.4 Å². The summed E-state index contributed by atoms with van der Waals surface area (Å²) >= 11 is 0. The van der Waals surface area contributed by atoms with Gasteiger partial charge in [0.15, 0.2) is 0 Å². The Morgan fingerprint density at radius 3 is 2.30 bits per heavy atom. The zero-order chi connectivity index (χ0) is 23.1. The fraction of sp³-hybridized carbons (Fsp3) is 0.259. The van der Waals surface area contributed by atoms with Crippen molar-refractivity contribution >= 4 is 12.0 Å². The maximum Gasteiger partial charge on any atom is 1.00 e. The van der Waals surface area contributed by atoms with Gasteiger partial charge in [0.25, 0.3) is 0 Å². The SMILES string of the molecule is CCN(Cc1cc(C)ccc1-c1cc(CC(=O)[O-])ccc1C)C(=O)NCc1ccccc1.[Na+]. The number of aryl methyl sites for hydroxylation is 2. The second kappa shape index (κ2) is 12.6. The summed E-state index contributed by atoms with van der Waals surface area (Å²) in [5.41, 5.74) is 6.90. The van der Waals surface area contributed by atoms with Crippen LogP contribution >= 0.6 is 0 Å². The van der Waals surface area contributed by atoms with E-state index >= 15 is 0 Å². The molecule has 0 aliphatic heterocycles. The fourth-order valence-corrected chi connectivity index (χ4v) is 3.77. The number of hydrogen-bond acceptors (Lipinski definition) is 3. The molecule has 33 heavy (non-hydrogen) atoms. The Bertz CT molecular complexity index is 1100. The minimum atomic E-state index is -1.10. The molecule has 0 saturated heterocycles. The number of aliphatic carboxylic acids is 1. The van der Waals surface area contributed by atoms with E-state index in [1.54, 1.807) is 4.90 Å². The molecule has 0 bridgehead atoms. The summed E-state index contributed by atoms with van der Waals surface area (Å²) in [4.78, 5) is 25.7. The molecule has 3 aromatic rings. The summed E-state index contributed by atoms with van der Waals surface area (Å²) in [5, 5.41) is 14.1. The third-order valence-corrected chi connectivity index (χ3v) is 5.52. The van der Waals surface area contributed by atoms with Gasteiger partial charge in [-0.15, -0.1) is 0 Å². The summed E-state index contributed by atoms with van der Waals surface area (Å²) < 4.78 is 0. The number of urea groups is 1. The van der Waals surface area contributed by atoms with Gasteiger partial charge < -0.3 is 20.1 Å². The monoisotopic (exact) mass is 452 g/mol. The van der Waals surface area contributed by atoms with E-state index in [0.29, 0.717) is 25.2 Å². The van der Waals surface area contributed by atoms with Crippen LogP contribution in [-0.2, 0) is 24.3 Å². The first kappa shape index (κ1) is 26.7. The molecular formula is C27H29N2NaO3. The number of benzene rings is 3. The first-order chi connectivity index (χ1) is 15.4. The molecule has 0 aliphatic rings. The zero-order valence-electron chi connectivity index (χ0n) is 19.9. The molecule has 3 rings (SSSR count). The van der Waals surface area contributed by atoms with Gasteiger partial charge in [0.2, 0.25) is 0 Å². The molecule has 0 saturated carbocycles. The molecule has 0 aliphatic carbocycles. The van der Waals surface area contributed by atoms with Crippen LogP contribution < -0.4 is 40.0 Å². The van der Waals surface area contributed by atoms with Crippen LogP contribution in [0, 0.1) is 13.8 Å².